The summed E-state index contributed by atoms with van der Waals surface area (Å²) in [6, 6.07) is 22.3. The Hall–Kier alpha value is -4.17. The number of ether oxygens (including phenoxy) is 1. The van der Waals surface area contributed by atoms with Gasteiger partial charge in [0, 0.05) is 28.0 Å². The molecule has 0 saturated carbocycles. The Kier molecular flexibility index (Phi) is 4.61. The van der Waals surface area contributed by atoms with Crippen LogP contribution < -0.4 is 4.74 Å². The molecule has 2 heterocycles. The van der Waals surface area contributed by atoms with Crippen molar-refractivity contribution in [3.05, 3.63) is 78.0 Å². The zero-order valence-corrected chi connectivity index (χ0v) is 17.3. The number of nitrogens with one attached hydrogen (secondary N) is 1. The molecule has 1 N–H and O–H groups in total. The van der Waals surface area contributed by atoms with Gasteiger partial charge in [-0.2, -0.15) is 10.4 Å². The van der Waals surface area contributed by atoms with Crippen LogP contribution in [-0.4, -0.2) is 22.3 Å². The topological polar surface area (TPSA) is 74.6 Å². The van der Waals surface area contributed by atoms with Crippen LogP contribution in [0.2, 0.25) is 0 Å². The lowest BCUT2D eigenvalue weighted by molar-refractivity contribution is 0.411. The SMILES string of the molecule is CCc1cc2c(cc1OC)ncc1[nH]nc(-c3ccc(C#N)c(-c4ccccc4)c3)c12. The molecule has 0 fully saturated rings. The van der Waals surface area contributed by atoms with E-state index in [1.165, 1.54) is 0 Å². The van der Waals surface area contributed by atoms with Crippen molar-refractivity contribution in [3.8, 4) is 34.2 Å². The first-order valence-electron chi connectivity index (χ1n) is 10.2. The Morgan fingerprint density at radius 1 is 1.03 bits per heavy atom. The molecule has 3 aromatic carbocycles. The molecule has 0 atom stereocenters. The maximum Gasteiger partial charge on any atom is 0.124 e. The number of hydrogen-bond acceptors (Lipinski definition) is 4. The first kappa shape index (κ1) is 18.8. The van der Waals surface area contributed by atoms with Crippen LogP contribution in [0.3, 0.4) is 0 Å². The Balaban J connectivity index is 1.78. The fourth-order valence-electron chi connectivity index (χ4n) is 4.10. The number of H-pyrrole nitrogens is 1. The second-order valence-electron chi connectivity index (χ2n) is 7.39. The van der Waals surface area contributed by atoms with Crippen molar-refractivity contribution in [1.29, 1.82) is 5.26 Å². The van der Waals surface area contributed by atoms with Crippen LogP contribution in [0, 0.1) is 11.3 Å². The molecule has 5 aromatic rings. The number of aromatic amines is 1. The molecular formula is C26H20N4O. The number of hydrogen-bond donors (Lipinski definition) is 1. The molecule has 0 aliphatic carbocycles. The highest BCUT2D eigenvalue weighted by Crippen LogP contribution is 2.36. The molecule has 0 spiro atoms. The van der Waals surface area contributed by atoms with Gasteiger partial charge in [0.1, 0.15) is 11.4 Å². The highest BCUT2D eigenvalue weighted by molar-refractivity contribution is 6.11. The van der Waals surface area contributed by atoms with Crippen LogP contribution in [0.15, 0.2) is 66.9 Å². The predicted molar refractivity (Wildman–Crippen MR) is 123 cm³/mol. The molecule has 0 bridgehead atoms. The normalized spacial score (nSPS) is 11.0. The van der Waals surface area contributed by atoms with Gasteiger partial charge in [-0.1, -0.05) is 43.3 Å². The van der Waals surface area contributed by atoms with Crippen LogP contribution in [0.5, 0.6) is 5.75 Å². The number of benzene rings is 3. The smallest absolute Gasteiger partial charge is 0.124 e. The number of fused-ring (bicyclic) bond motifs is 3. The van der Waals surface area contributed by atoms with Gasteiger partial charge in [-0.15, -0.1) is 0 Å². The molecule has 5 nitrogen and oxygen atoms in total. The van der Waals surface area contributed by atoms with Gasteiger partial charge in [0.25, 0.3) is 0 Å². The predicted octanol–water partition coefficient (Wildman–Crippen LogP) is 5.89. The van der Waals surface area contributed by atoms with E-state index in [0.717, 1.165) is 61.9 Å². The van der Waals surface area contributed by atoms with Gasteiger partial charge in [0.2, 0.25) is 0 Å². The number of pyridine rings is 1. The summed E-state index contributed by atoms with van der Waals surface area (Å²) >= 11 is 0. The third kappa shape index (κ3) is 3.10. The van der Waals surface area contributed by atoms with E-state index in [1.807, 2.05) is 54.6 Å². The Morgan fingerprint density at radius 2 is 1.87 bits per heavy atom. The maximum atomic E-state index is 9.63. The molecule has 2 aromatic heterocycles. The van der Waals surface area contributed by atoms with Gasteiger partial charge in [0.05, 0.1) is 36.0 Å². The molecule has 0 saturated heterocycles. The number of rotatable bonds is 4. The van der Waals surface area contributed by atoms with Crippen molar-refractivity contribution in [2.75, 3.05) is 7.11 Å². The van der Waals surface area contributed by atoms with E-state index < -0.39 is 0 Å². The number of nitriles is 1. The largest absolute Gasteiger partial charge is 0.496 e. The first-order chi connectivity index (χ1) is 15.2. The van der Waals surface area contributed by atoms with E-state index in [4.69, 9.17) is 4.74 Å². The van der Waals surface area contributed by atoms with Crippen LogP contribution in [0.4, 0.5) is 0 Å². The minimum absolute atomic E-state index is 0.638. The van der Waals surface area contributed by atoms with Crippen molar-refractivity contribution >= 4 is 21.8 Å². The van der Waals surface area contributed by atoms with Crippen LogP contribution in [0.1, 0.15) is 18.1 Å². The molecule has 0 radical (unpaired) electrons. The summed E-state index contributed by atoms with van der Waals surface area (Å²) in [6.45, 7) is 2.11. The number of aromatic nitrogens is 3. The van der Waals surface area contributed by atoms with E-state index in [0.29, 0.717) is 5.56 Å². The third-order valence-corrected chi connectivity index (χ3v) is 5.67. The summed E-state index contributed by atoms with van der Waals surface area (Å²) < 4.78 is 5.55. The first-order valence-corrected chi connectivity index (χ1v) is 10.2. The Bertz CT molecular complexity index is 1460. The van der Waals surface area contributed by atoms with Crippen molar-refractivity contribution in [3.63, 3.8) is 0 Å². The van der Waals surface area contributed by atoms with E-state index in [2.05, 4.69) is 34.2 Å². The molecule has 5 heteroatoms. The fourth-order valence-corrected chi connectivity index (χ4v) is 4.10. The Labute approximate surface area is 179 Å². The van der Waals surface area contributed by atoms with Gasteiger partial charge in [-0.25, -0.2) is 0 Å². The highest BCUT2D eigenvalue weighted by Gasteiger charge is 2.16. The minimum Gasteiger partial charge on any atom is -0.496 e. The number of aryl methyl sites for hydroxylation is 1. The molecular weight excluding hydrogens is 384 g/mol. The molecule has 0 amide bonds. The minimum atomic E-state index is 0.638. The van der Waals surface area contributed by atoms with Crippen molar-refractivity contribution < 1.29 is 4.74 Å². The summed E-state index contributed by atoms with van der Waals surface area (Å²) in [5.74, 6) is 0.844. The maximum absolute atomic E-state index is 9.63. The number of methoxy groups -OCH3 is 1. The second kappa shape index (κ2) is 7.58. The molecule has 5 rings (SSSR count). The lowest BCUT2D eigenvalue weighted by Crippen LogP contribution is -1.93. The van der Waals surface area contributed by atoms with E-state index >= 15 is 0 Å². The summed E-state index contributed by atoms with van der Waals surface area (Å²) in [6.07, 6.45) is 2.67. The van der Waals surface area contributed by atoms with Crippen molar-refractivity contribution in [2.24, 2.45) is 0 Å². The van der Waals surface area contributed by atoms with Crippen molar-refractivity contribution in [2.45, 2.75) is 13.3 Å². The van der Waals surface area contributed by atoms with Crippen molar-refractivity contribution in [1.82, 2.24) is 15.2 Å². The lowest BCUT2D eigenvalue weighted by atomic mass is 9.95. The zero-order chi connectivity index (χ0) is 21.4. The monoisotopic (exact) mass is 404 g/mol. The molecule has 150 valence electrons. The number of nitrogens with zero attached hydrogens (tertiary/aromatic N) is 3. The van der Waals surface area contributed by atoms with Gasteiger partial charge < -0.3 is 4.74 Å². The molecule has 31 heavy (non-hydrogen) atoms. The average molecular weight is 404 g/mol. The standard InChI is InChI=1S/C26H20N4O/c1-3-16-11-21-22(13-24(16)31-2)28-15-23-25(21)26(30-29-23)18-9-10-19(14-27)20(12-18)17-7-5-4-6-8-17/h4-13,15H,3H2,1-2H3,(H,29,30). The van der Waals surface area contributed by atoms with Crippen LogP contribution >= 0.6 is 0 Å². The second-order valence-corrected chi connectivity index (χ2v) is 7.39. The summed E-state index contributed by atoms with van der Waals surface area (Å²) in [4.78, 5) is 4.60. The van der Waals surface area contributed by atoms with Crippen LogP contribution in [0.25, 0.3) is 44.2 Å². The van der Waals surface area contributed by atoms with Gasteiger partial charge in [-0.3, -0.25) is 10.1 Å². The summed E-state index contributed by atoms with van der Waals surface area (Å²) in [5.41, 5.74) is 7.19. The van der Waals surface area contributed by atoms with E-state index in [9.17, 15) is 5.26 Å². The lowest BCUT2D eigenvalue weighted by Gasteiger charge is -2.10. The summed E-state index contributed by atoms with van der Waals surface area (Å²) in [5, 5.41) is 19.4. The highest BCUT2D eigenvalue weighted by atomic mass is 16.5. The molecule has 0 aliphatic heterocycles. The van der Waals surface area contributed by atoms with Gasteiger partial charge >= 0.3 is 0 Å². The summed E-state index contributed by atoms with van der Waals surface area (Å²) in [7, 11) is 1.68. The average Bonchev–Trinajstić information content (AvgIpc) is 3.28. The van der Waals surface area contributed by atoms with Gasteiger partial charge in [-0.05, 0) is 35.7 Å². The molecule has 0 unspecified atom stereocenters. The molecule has 0 aliphatic rings. The fraction of sp³-hybridized carbons (Fsp3) is 0.115. The van der Waals surface area contributed by atoms with E-state index in [-0.39, 0.29) is 0 Å². The van der Waals surface area contributed by atoms with Gasteiger partial charge in [0.15, 0.2) is 0 Å². The quantitative estimate of drug-likeness (QED) is 0.405. The van der Waals surface area contributed by atoms with Crippen LogP contribution in [-0.2, 0) is 6.42 Å². The Morgan fingerprint density at radius 3 is 2.61 bits per heavy atom. The van der Waals surface area contributed by atoms with E-state index in [1.54, 1.807) is 13.3 Å². The zero-order valence-electron chi connectivity index (χ0n) is 17.3. The third-order valence-electron chi connectivity index (χ3n) is 5.67.